The summed E-state index contributed by atoms with van der Waals surface area (Å²) in [6, 6.07) is 8.08. The van der Waals surface area contributed by atoms with Crippen LogP contribution in [0, 0.1) is 12.8 Å². The van der Waals surface area contributed by atoms with Crippen LogP contribution in [0.15, 0.2) is 24.3 Å². The third-order valence-corrected chi connectivity index (χ3v) is 6.15. The number of nitrogens with zero attached hydrogens (tertiary/aromatic N) is 2. The van der Waals surface area contributed by atoms with Crippen molar-refractivity contribution in [3.63, 3.8) is 0 Å². The summed E-state index contributed by atoms with van der Waals surface area (Å²) in [6.07, 6.45) is 2.98. The Labute approximate surface area is 168 Å². The first-order valence-corrected chi connectivity index (χ1v) is 10.3. The van der Waals surface area contributed by atoms with Crippen LogP contribution >= 0.6 is 0 Å². The fraction of sp³-hybridized carbons (Fsp3) is 0.636. The number of carbonyl (C=O) groups is 2. The summed E-state index contributed by atoms with van der Waals surface area (Å²) in [6.45, 7) is 5.04. The first-order chi connectivity index (χ1) is 13.5. The molecule has 6 heteroatoms. The number of amides is 2. The molecule has 2 fully saturated rings. The van der Waals surface area contributed by atoms with Gasteiger partial charge in [-0.25, -0.2) is 0 Å². The molecule has 0 unspecified atom stereocenters. The van der Waals surface area contributed by atoms with Gasteiger partial charge in [0.25, 0.3) is 0 Å². The maximum Gasteiger partial charge on any atom is 0.225 e. The van der Waals surface area contributed by atoms with Crippen molar-refractivity contribution in [2.45, 2.75) is 44.7 Å². The highest BCUT2D eigenvalue weighted by Gasteiger charge is 2.41. The summed E-state index contributed by atoms with van der Waals surface area (Å²) in [5, 5.41) is 3.28. The van der Waals surface area contributed by atoms with Gasteiger partial charge in [0.1, 0.15) is 0 Å². The average molecular weight is 388 g/mol. The molecule has 2 atom stereocenters. The number of hydrogen-bond donors (Lipinski definition) is 1. The lowest BCUT2D eigenvalue weighted by Gasteiger charge is -2.42. The molecule has 3 rings (SSSR count). The van der Waals surface area contributed by atoms with E-state index < -0.39 is 0 Å². The molecule has 154 valence electrons. The monoisotopic (exact) mass is 387 g/mol. The Morgan fingerprint density at radius 1 is 1.21 bits per heavy atom. The number of benzene rings is 1. The molecule has 2 amide bonds. The zero-order valence-corrected chi connectivity index (χ0v) is 17.3. The van der Waals surface area contributed by atoms with Gasteiger partial charge in [0.05, 0.1) is 18.6 Å². The molecule has 2 aliphatic rings. The Kier molecular flexibility index (Phi) is 7.08. The van der Waals surface area contributed by atoms with Gasteiger partial charge < -0.3 is 19.9 Å². The van der Waals surface area contributed by atoms with Crippen molar-refractivity contribution in [1.29, 1.82) is 0 Å². The molecule has 0 aromatic heterocycles. The molecular formula is C22H33N3O3. The highest BCUT2D eigenvalue weighted by Crippen LogP contribution is 2.38. The minimum absolute atomic E-state index is 0.0812. The van der Waals surface area contributed by atoms with Gasteiger partial charge in [-0.2, -0.15) is 0 Å². The van der Waals surface area contributed by atoms with Gasteiger partial charge in [-0.3, -0.25) is 9.59 Å². The maximum absolute atomic E-state index is 13.3. The van der Waals surface area contributed by atoms with Crippen molar-refractivity contribution in [3.8, 4) is 0 Å². The molecule has 0 aliphatic carbocycles. The van der Waals surface area contributed by atoms with Crippen molar-refractivity contribution in [2.75, 3.05) is 40.4 Å². The molecular weight excluding hydrogens is 354 g/mol. The number of nitrogens with one attached hydrogen (secondary N) is 1. The van der Waals surface area contributed by atoms with E-state index in [2.05, 4.69) is 30.3 Å². The van der Waals surface area contributed by atoms with E-state index in [0.717, 1.165) is 37.1 Å². The molecule has 6 nitrogen and oxygen atoms in total. The zero-order chi connectivity index (χ0) is 20.1. The highest BCUT2D eigenvalue weighted by molar-refractivity contribution is 5.85. The normalized spacial score (nSPS) is 24.4. The predicted molar refractivity (Wildman–Crippen MR) is 109 cm³/mol. The molecule has 2 aliphatic heterocycles. The Morgan fingerprint density at radius 2 is 1.93 bits per heavy atom. The summed E-state index contributed by atoms with van der Waals surface area (Å²) in [4.78, 5) is 30.1. The lowest BCUT2D eigenvalue weighted by atomic mass is 9.81. The topological polar surface area (TPSA) is 61.9 Å². The summed E-state index contributed by atoms with van der Waals surface area (Å²) in [7, 11) is 3.76. The van der Waals surface area contributed by atoms with Gasteiger partial charge in [-0.1, -0.05) is 24.3 Å². The van der Waals surface area contributed by atoms with Crippen LogP contribution in [0.3, 0.4) is 0 Å². The predicted octanol–water partition coefficient (Wildman–Crippen LogP) is 2.13. The van der Waals surface area contributed by atoms with E-state index in [0.29, 0.717) is 26.0 Å². The Morgan fingerprint density at radius 3 is 2.61 bits per heavy atom. The van der Waals surface area contributed by atoms with Crippen molar-refractivity contribution >= 4 is 11.8 Å². The van der Waals surface area contributed by atoms with E-state index in [1.165, 1.54) is 0 Å². The van der Waals surface area contributed by atoms with Crippen molar-refractivity contribution in [3.05, 3.63) is 35.4 Å². The van der Waals surface area contributed by atoms with Crippen LogP contribution < -0.4 is 5.32 Å². The number of likely N-dealkylation sites (tertiary alicyclic amines) is 2. The Hall–Kier alpha value is -1.92. The first kappa shape index (κ1) is 20.8. The molecule has 0 spiro atoms. The first-order valence-electron chi connectivity index (χ1n) is 10.3. The summed E-state index contributed by atoms with van der Waals surface area (Å²) < 4.78 is 5.24. The maximum atomic E-state index is 13.3. The average Bonchev–Trinajstić information content (AvgIpc) is 2.69. The number of ether oxygens (including phenoxy) is 1. The number of rotatable bonds is 6. The van der Waals surface area contributed by atoms with Gasteiger partial charge >= 0.3 is 0 Å². The number of piperidine rings is 2. The van der Waals surface area contributed by atoms with Gasteiger partial charge in [0, 0.05) is 26.1 Å². The lowest BCUT2D eigenvalue weighted by Crippen LogP contribution is -2.52. The molecule has 1 aromatic carbocycles. The summed E-state index contributed by atoms with van der Waals surface area (Å²) in [5.74, 6) is -0.0401. The second-order valence-electron chi connectivity index (χ2n) is 8.11. The zero-order valence-electron chi connectivity index (χ0n) is 17.3. The van der Waals surface area contributed by atoms with Crippen molar-refractivity contribution in [2.24, 2.45) is 5.92 Å². The molecule has 0 bridgehead atoms. The lowest BCUT2D eigenvalue weighted by molar-refractivity contribution is -0.144. The minimum atomic E-state index is -0.233. The van der Waals surface area contributed by atoms with Crippen LogP contribution in [-0.4, -0.2) is 68.1 Å². The molecule has 2 heterocycles. The second kappa shape index (κ2) is 9.52. The summed E-state index contributed by atoms with van der Waals surface area (Å²) in [5.41, 5.74) is 2.18. The quantitative estimate of drug-likeness (QED) is 0.812. The molecule has 0 saturated carbocycles. The Bertz CT molecular complexity index is 685. The second-order valence-corrected chi connectivity index (χ2v) is 8.11. The van der Waals surface area contributed by atoms with E-state index in [9.17, 15) is 9.59 Å². The fourth-order valence-corrected chi connectivity index (χ4v) is 4.45. The third-order valence-electron chi connectivity index (χ3n) is 6.15. The van der Waals surface area contributed by atoms with Crippen LogP contribution in [0.25, 0.3) is 0 Å². The highest BCUT2D eigenvalue weighted by atomic mass is 16.5. The van der Waals surface area contributed by atoms with Gasteiger partial charge in [-0.15, -0.1) is 0 Å². The Balaban J connectivity index is 1.83. The number of carbonyl (C=O) groups excluding carboxylic acids is 2. The van der Waals surface area contributed by atoms with Crippen LogP contribution in [0.4, 0.5) is 0 Å². The molecule has 2 saturated heterocycles. The van der Waals surface area contributed by atoms with Gasteiger partial charge in [0.15, 0.2) is 0 Å². The van der Waals surface area contributed by atoms with E-state index in [1.54, 1.807) is 7.11 Å². The van der Waals surface area contributed by atoms with Crippen molar-refractivity contribution < 1.29 is 14.3 Å². The van der Waals surface area contributed by atoms with Crippen LogP contribution in [-0.2, 0) is 14.3 Å². The molecule has 0 radical (unpaired) electrons. The fourth-order valence-electron chi connectivity index (χ4n) is 4.45. The van der Waals surface area contributed by atoms with E-state index in [4.69, 9.17) is 4.74 Å². The third kappa shape index (κ3) is 4.73. The van der Waals surface area contributed by atoms with E-state index >= 15 is 0 Å². The summed E-state index contributed by atoms with van der Waals surface area (Å²) >= 11 is 0. The number of methoxy groups -OCH3 is 1. The van der Waals surface area contributed by atoms with E-state index in [-0.39, 0.29) is 29.8 Å². The minimum Gasteiger partial charge on any atom is -0.383 e. The smallest absolute Gasteiger partial charge is 0.225 e. The van der Waals surface area contributed by atoms with Gasteiger partial charge in [0.2, 0.25) is 11.8 Å². The SMILES string of the molecule is COCCN1C(=O)CC[C@@H](C(=O)NC2CCN(C)CC2)[C@@H]1c1ccccc1C. The number of hydrogen-bond acceptors (Lipinski definition) is 4. The van der Waals surface area contributed by atoms with Crippen LogP contribution in [0.1, 0.15) is 42.9 Å². The van der Waals surface area contributed by atoms with E-state index in [1.807, 2.05) is 23.1 Å². The number of aryl methyl sites for hydroxylation is 1. The molecule has 1 N–H and O–H groups in total. The van der Waals surface area contributed by atoms with Gasteiger partial charge in [-0.05, 0) is 57.5 Å². The largest absolute Gasteiger partial charge is 0.383 e. The standard InChI is InChI=1S/C22H33N3O3/c1-16-6-4-5-7-18(16)21-19(8-9-20(26)25(21)14-15-28-3)22(27)23-17-10-12-24(2)13-11-17/h4-7,17,19,21H,8-15H2,1-3H3,(H,23,27)/t19-,21+/m1/s1. The van der Waals surface area contributed by atoms with Crippen molar-refractivity contribution in [1.82, 2.24) is 15.1 Å². The molecule has 28 heavy (non-hydrogen) atoms. The van der Waals surface area contributed by atoms with Crippen LogP contribution in [0.2, 0.25) is 0 Å². The van der Waals surface area contributed by atoms with Crippen LogP contribution in [0.5, 0.6) is 0 Å². The molecule has 1 aromatic rings.